The molecule has 10 N–H and O–H groups in total. The van der Waals surface area contributed by atoms with E-state index in [0.717, 1.165) is 32.7 Å². The molecule has 6 rings (SSSR count). The lowest BCUT2D eigenvalue weighted by molar-refractivity contribution is -0.296. The Bertz CT molecular complexity index is 1550. The molecule has 1 saturated carbocycles. The topological polar surface area (TPSA) is 181 Å². The van der Waals surface area contributed by atoms with Crippen LogP contribution >= 0.6 is 0 Å². The van der Waals surface area contributed by atoms with Gasteiger partial charge in [0.25, 0.3) is 0 Å². The maximum Gasteiger partial charge on any atom is 0.176 e. The third kappa shape index (κ3) is 6.51. The van der Waals surface area contributed by atoms with Crippen molar-refractivity contribution >= 4 is 21.5 Å². The Labute approximate surface area is 256 Å². The van der Waals surface area contributed by atoms with E-state index in [0.29, 0.717) is 6.42 Å². The van der Waals surface area contributed by atoms with Gasteiger partial charge in [0.05, 0.1) is 19.3 Å². The van der Waals surface area contributed by atoms with Crippen molar-refractivity contribution in [2.45, 2.75) is 80.7 Å². The van der Waals surface area contributed by atoms with Crippen LogP contribution in [0.1, 0.15) is 17.5 Å². The Morgan fingerprint density at radius 2 is 1.18 bits per heavy atom. The molecular weight excluding hydrogens is 560 g/mol. The quantitative estimate of drug-likeness (QED) is 0.165. The molecule has 4 aromatic rings. The van der Waals surface area contributed by atoms with Gasteiger partial charge in [-0.3, -0.25) is 0 Å². The Morgan fingerprint density at radius 1 is 0.659 bits per heavy atom. The lowest BCUT2D eigenvalue weighted by atomic mass is 9.84. The smallest absolute Gasteiger partial charge is 0.176 e. The molecule has 0 aromatic heterocycles. The fourth-order valence-corrected chi connectivity index (χ4v) is 6.34. The summed E-state index contributed by atoms with van der Waals surface area (Å²) in [6.45, 7) is 0.560. The Kier molecular flexibility index (Phi) is 9.55. The van der Waals surface area contributed by atoms with E-state index in [9.17, 15) is 10.2 Å². The van der Waals surface area contributed by atoms with E-state index in [-0.39, 0.29) is 19.8 Å². The molecule has 10 heteroatoms. The van der Waals surface area contributed by atoms with E-state index in [1.807, 2.05) is 78.9 Å². The van der Waals surface area contributed by atoms with Crippen molar-refractivity contribution in [1.82, 2.24) is 0 Å². The van der Waals surface area contributed by atoms with E-state index in [1.54, 1.807) is 0 Å². The molecule has 10 atom stereocenters. The van der Waals surface area contributed by atoms with E-state index >= 15 is 0 Å². The maximum absolute atomic E-state index is 11.3. The predicted molar refractivity (Wildman–Crippen MR) is 168 cm³/mol. The van der Waals surface area contributed by atoms with E-state index < -0.39 is 61.0 Å². The normalized spacial score (nSPS) is 32.7. The second kappa shape index (κ2) is 13.6. The zero-order valence-corrected chi connectivity index (χ0v) is 24.5. The lowest BCUT2D eigenvalue weighted by Crippen LogP contribution is -2.68. The van der Waals surface area contributed by atoms with Crippen molar-refractivity contribution in [1.29, 1.82) is 0 Å². The highest BCUT2D eigenvalue weighted by Crippen LogP contribution is 2.30. The molecule has 0 radical (unpaired) electrons. The first-order valence-corrected chi connectivity index (χ1v) is 15.1. The van der Waals surface area contributed by atoms with E-state index in [1.165, 1.54) is 0 Å². The van der Waals surface area contributed by atoms with Crippen LogP contribution in [-0.2, 0) is 32.2 Å². The van der Waals surface area contributed by atoms with Crippen LogP contribution in [0.15, 0.2) is 84.9 Å². The number of nitrogens with two attached hydrogens (primary N) is 4. The molecule has 4 unspecified atom stereocenters. The lowest BCUT2D eigenvalue weighted by Gasteiger charge is -2.47. The van der Waals surface area contributed by atoms with Crippen LogP contribution in [0.5, 0.6) is 0 Å². The summed E-state index contributed by atoms with van der Waals surface area (Å²) >= 11 is 0. The molecule has 1 aliphatic heterocycles. The number of fused-ring (bicyclic) bond motifs is 2. The fourth-order valence-electron chi connectivity index (χ4n) is 6.34. The fraction of sp³-hybridized carbons (Fsp3) is 0.412. The number of aliphatic hydroxyl groups is 2. The summed E-state index contributed by atoms with van der Waals surface area (Å²) in [6, 6.07) is 26.2. The highest BCUT2D eigenvalue weighted by molar-refractivity contribution is 5.83. The number of hydrogen-bond donors (Lipinski definition) is 6. The predicted octanol–water partition coefficient (Wildman–Crippen LogP) is 1.64. The highest BCUT2D eigenvalue weighted by atomic mass is 16.7. The van der Waals surface area contributed by atoms with Crippen LogP contribution in [0, 0.1) is 0 Å². The van der Waals surface area contributed by atoms with Crippen molar-refractivity contribution in [2.75, 3.05) is 6.54 Å². The summed E-state index contributed by atoms with van der Waals surface area (Å²) in [5.41, 5.74) is 27.2. The summed E-state index contributed by atoms with van der Waals surface area (Å²) in [4.78, 5) is 0. The summed E-state index contributed by atoms with van der Waals surface area (Å²) in [5, 5.41) is 27.0. The molecule has 4 aromatic carbocycles. The van der Waals surface area contributed by atoms with Crippen LogP contribution < -0.4 is 22.9 Å². The van der Waals surface area contributed by atoms with Crippen LogP contribution in [-0.4, -0.2) is 77.8 Å². The zero-order valence-electron chi connectivity index (χ0n) is 24.5. The van der Waals surface area contributed by atoms with E-state index in [2.05, 4.69) is 6.07 Å². The molecule has 1 aliphatic carbocycles. The highest BCUT2D eigenvalue weighted by Gasteiger charge is 2.49. The average molecular weight is 603 g/mol. The Morgan fingerprint density at radius 3 is 1.75 bits per heavy atom. The minimum absolute atomic E-state index is 0.0632. The third-order valence-corrected chi connectivity index (χ3v) is 8.82. The van der Waals surface area contributed by atoms with Gasteiger partial charge in [0.2, 0.25) is 0 Å². The summed E-state index contributed by atoms with van der Waals surface area (Å²) < 4.78 is 24.6. The number of benzene rings is 4. The first kappa shape index (κ1) is 31.0. The molecule has 0 spiro atoms. The van der Waals surface area contributed by atoms with Gasteiger partial charge in [0, 0.05) is 18.6 Å². The molecule has 1 saturated heterocycles. The average Bonchev–Trinajstić information content (AvgIpc) is 3.04. The minimum atomic E-state index is -1.15. The first-order valence-electron chi connectivity index (χ1n) is 15.1. The summed E-state index contributed by atoms with van der Waals surface area (Å²) in [5.74, 6) is 0. The van der Waals surface area contributed by atoms with Crippen LogP contribution in [0.25, 0.3) is 21.5 Å². The maximum atomic E-state index is 11.3. The van der Waals surface area contributed by atoms with Crippen LogP contribution in [0.3, 0.4) is 0 Å². The van der Waals surface area contributed by atoms with Gasteiger partial charge in [0.1, 0.15) is 36.6 Å². The summed E-state index contributed by atoms with van der Waals surface area (Å²) in [7, 11) is 0. The molecule has 0 bridgehead atoms. The Hall–Kier alpha value is -3.00. The van der Waals surface area contributed by atoms with Crippen molar-refractivity contribution in [2.24, 2.45) is 22.9 Å². The van der Waals surface area contributed by atoms with Gasteiger partial charge in [-0.05, 0) is 51.2 Å². The molecule has 234 valence electrons. The van der Waals surface area contributed by atoms with Crippen molar-refractivity contribution in [3.05, 3.63) is 96.1 Å². The van der Waals surface area contributed by atoms with Crippen molar-refractivity contribution in [3.63, 3.8) is 0 Å². The molecular formula is C34H42N4O6. The molecule has 0 amide bonds. The van der Waals surface area contributed by atoms with Gasteiger partial charge in [-0.25, -0.2) is 0 Å². The number of rotatable bonds is 9. The van der Waals surface area contributed by atoms with Crippen molar-refractivity contribution in [3.8, 4) is 0 Å². The van der Waals surface area contributed by atoms with Gasteiger partial charge in [-0.1, -0.05) is 72.8 Å². The minimum Gasteiger partial charge on any atom is -0.388 e. The SMILES string of the molecule is NCC1O[C@@H](O[C@H]2C(N)C[C@@H](N)C(OCc3ccc4ccccc4c3)[C@H]2O)C(N)[C@@H](O)[C@H]1OCc1ccc2ccccc2c1. The number of hydrogen-bond acceptors (Lipinski definition) is 10. The Balaban J connectivity index is 1.09. The molecule has 1 heterocycles. The molecule has 2 fully saturated rings. The van der Waals surface area contributed by atoms with Gasteiger partial charge in [-0.15, -0.1) is 0 Å². The molecule has 2 aliphatic rings. The standard InChI is InChI=1S/C34H42N4O6/c35-16-27-33(42-18-20-10-12-22-6-2-4-8-24(22)14-20)29(39)28(38)34(43-27)44-32-26(37)15-25(36)31(30(32)40)41-17-19-9-11-21-5-1-3-7-23(21)13-19/h1-14,25-34,39-40H,15-18,35-38H2/t25-,26?,27?,28?,29-,30-,31?,32+,33+,34+/m1/s1. The molecule has 44 heavy (non-hydrogen) atoms. The van der Waals surface area contributed by atoms with Gasteiger partial charge in [0.15, 0.2) is 6.29 Å². The largest absolute Gasteiger partial charge is 0.388 e. The second-order valence-corrected chi connectivity index (χ2v) is 11.9. The van der Waals surface area contributed by atoms with Gasteiger partial charge in [-0.2, -0.15) is 0 Å². The van der Waals surface area contributed by atoms with Crippen molar-refractivity contribution < 1.29 is 29.2 Å². The monoisotopic (exact) mass is 602 g/mol. The third-order valence-electron chi connectivity index (χ3n) is 8.82. The van der Waals surface area contributed by atoms with Gasteiger partial charge < -0.3 is 52.1 Å². The number of aliphatic hydroxyl groups excluding tert-OH is 2. The van der Waals surface area contributed by atoms with Crippen LogP contribution in [0.2, 0.25) is 0 Å². The second-order valence-electron chi connectivity index (χ2n) is 11.9. The number of ether oxygens (including phenoxy) is 4. The van der Waals surface area contributed by atoms with E-state index in [4.69, 9.17) is 41.9 Å². The summed E-state index contributed by atoms with van der Waals surface area (Å²) in [6.07, 6.45) is -6.13. The van der Waals surface area contributed by atoms with Crippen LogP contribution in [0.4, 0.5) is 0 Å². The zero-order chi connectivity index (χ0) is 30.8. The van der Waals surface area contributed by atoms with Gasteiger partial charge >= 0.3 is 0 Å². The molecule has 10 nitrogen and oxygen atoms in total. The first-order chi connectivity index (χ1) is 21.3.